The van der Waals surface area contributed by atoms with Crippen LogP contribution in [0, 0.1) is 0 Å². The average Bonchev–Trinajstić information content (AvgIpc) is 3.28. The maximum absolute atomic E-state index is 6.01. The molecule has 3 nitrogen and oxygen atoms in total. The van der Waals surface area contributed by atoms with E-state index in [2.05, 4.69) is 80.6 Å². The fourth-order valence-electron chi connectivity index (χ4n) is 4.08. The highest BCUT2D eigenvalue weighted by molar-refractivity contribution is 5.87. The highest BCUT2D eigenvalue weighted by Gasteiger charge is 2.14. The zero-order chi connectivity index (χ0) is 27.1. The molecule has 1 heterocycles. The number of nitrogens with two attached hydrogens (primary N) is 1. The van der Waals surface area contributed by atoms with Crippen molar-refractivity contribution < 1.29 is 0 Å². The number of hydrogen-bond donors (Lipinski definition) is 1. The molecule has 2 N–H and O–H groups in total. The number of anilines is 1. The summed E-state index contributed by atoms with van der Waals surface area (Å²) in [5.74, 6) is 0. The van der Waals surface area contributed by atoms with Crippen molar-refractivity contribution in [3.05, 3.63) is 96.2 Å². The molecule has 3 aromatic carbocycles. The van der Waals surface area contributed by atoms with Gasteiger partial charge in [-0.2, -0.15) is 5.10 Å². The van der Waals surface area contributed by atoms with Crippen molar-refractivity contribution in [1.82, 2.24) is 9.78 Å². The standard InChI is InChI=1S/C26H29N3.C3H6.2C2H6/c1-4-19-8-5-6-9-20(19)12-14-25-24-17-22(21-10-7-11-23(27)16-21)13-15-26(24)29(28-25)18(2)3;1-3-2;2*1-2/h5-11,13,15-18H,4,12,14,27H2,1-3H3;3H,1H2,2H3;2*1-2H3. The molecule has 0 radical (unpaired) electrons. The van der Waals surface area contributed by atoms with E-state index in [1.54, 1.807) is 6.08 Å². The summed E-state index contributed by atoms with van der Waals surface area (Å²) in [4.78, 5) is 0. The number of aryl methyl sites for hydroxylation is 3. The number of rotatable bonds is 6. The minimum absolute atomic E-state index is 0.326. The Morgan fingerprint density at radius 1 is 0.861 bits per heavy atom. The highest BCUT2D eigenvalue weighted by atomic mass is 15.3. The molecule has 0 spiro atoms. The SMILES string of the molecule is C=CC.CC.CC.CCc1ccccc1CCc1nn(C(C)C)c2ccc(-c3cccc(N)c3)cc12. The van der Waals surface area contributed by atoms with Gasteiger partial charge in [-0.1, -0.05) is 83.2 Å². The molecule has 0 atom stereocenters. The third-order valence-corrected chi connectivity index (χ3v) is 5.62. The molecule has 194 valence electrons. The van der Waals surface area contributed by atoms with Gasteiger partial charge in [-0.25, -0.2) is 0 Å². The predicted octanol–water partition coefficient (Wildman–Crippen LogP) is 9.46. The average molecular weight is 486 g/mol. The fraction of sp³-hybridized carbons (Fsp3) is 0.364. The second-order valence-corrected chi connectivity index (χ2v) is 8.37. The lowest BCUT2D eigenvalue weighted by Gasteiger charge is -2.08. The van der Waals surface area contributed by atoms with E-state index in [1.165, 1.54) is 33.3 Å². The van der Waals surface area contributed by atoms with Gasteiger partial charge in [0.1, 0.15) is 0 Å². The molecule has 1 aromatic heterocycles. The van der Waals surface area contributed by atoms with Crippen LogP contribution in [-0.4, -0.2) is 9.78 Å². The maximum atomic E-state index is 6.01. The van der Waals surface area contributed by atoms with Crippen molar-refractivity contribution in [3.63, 3.8) is 0 Å². The summed E-state index contributed by atoms with van der Waals surface area (Å²) in [6, 6.07) is 23.8. The Morgan fingerprint density at radius 2 is 1.47 bits per heavy atom. The van der Waals surface area contributed by atoms with Gasteiger partial charge in [0.15, 0.2) is 0 Å². The van der Waals surface area contributed by atoms with Crippen LogP contribution in [0.5, 0.6) is 0 Å². The van der Waals surface area contributed by atoms with Crippen molar-refractivity contribution >= 4 is 16.6 Å². The summed E-state index contributed by atoms with van der Waals surface area (Å²) in [5.41, 5.74) is 14.4. The molecule has 4 aromatic rings. The summed E-state index contributed by atoms with van der Waals surface area (Å²) in [6.45, 7) is 19.8. The Hall–Kier alpha value is -3.33. The minimum Gasteiger partial charge on any atom is -0.399 e. The number of fused-ring (bicyclic) bond motifs is 1. The molecule has 4 rings (SSSR count). The summed E-state index contributed by atoms with van der Waals surface area (Å²) >= 11 is 0. The Labute approximate surface area is 220 Å². The normalized spacial score (nSPS) is 9.92. The van der Waals surface area contributed by atoms with E-state index < -0.39 is 0 Å². The lowest BCUT2D eigenvalue weighted by Crippen LogP contribution is -2.03. The molecule has 0 unspecified atom stereocenters. The number of nitrogens with zero attached hydrogens (tertiary/aromatic N) is 2. The van der Waals surface area contributed by atoms with Gasteiger partial charge < -0.3 is 5.73 Å². The van der Waals surface area contributed by atoms with Gasteiger partial charge in [0.05, 0.1) is 11.2 Å². The van der Waals surface area contributed by atoms with Crippen molar-refractivity contribution in [2.75, 3.05) is 5.73 Å². The molecule has 0 aliphatic heterocycles. The first kappa shape index (κ1) is 30.7. The van der Waals surface area contributed by atoms with Crippen molar-refractivity contribution in [3.8, 4) is 11.1 Å². The first-order valence-electron chi connectivity index (χ1n) is 13.5. The van der Waals surface area contributed by atoms with Crippen molar-refractivity contribution in [2.45, 2.75) is 80.7 Å². The Balaban J connectivity index is 0.000000844. The highest BCUT2D eigenvalue weighted by Crippen LogP contribution is 2.30. The van der Waals surface area contributed by atoms with Crippen molar-refractivity contribution in [1.29, 1.82) is 0 Å². The first-order chi connectivity index (χ1) is 17.5. The van der Waals surface area contributed by atoms with Crippen LogP contribution >= 0.6 is 0 Å². The van der Waals surface area contributed by atoms with E-state index in [-0.39, 0.29) is 0 Å². The molecular formula is C33H47N3. The number of benzene rings is 3. The summed E-state index contributed by atoms with van der Waals surface area (Å²) in [6.07, 6.45) is 4.77. The lowest BCUT2D eigenvalue weighted by molar-refractivity contribution is 0.543. The van der Waals surface area contributed by atoms with Gasteiger partial charge in [0, 0.05) is 17.1 Å². The molecule has 3 heteroatoms. The predicted molar refractivity (Wildman–Crippen MR) is 162 cm³/mol. The smallest absolute Gasteiger partial charge is 0.0707 e. The molecule has 0 aliphatic rings. The van der Waals surface area contributed by atoms with Gasteiger partial charge in [-0.15, -0.1) is 6.58 Å². The maximum Gasteiger partial charge on any atom is 0.0707 e. The third-order valence-electron chi connectivity index (χ3n) is 5.62. The molecule has 0 saturated heterocycles. The van der Waals surface area contributed by atoms with E-state index in [1.807, 2.05) is 52.8 Å². The Morgan fingerprint density at radius 3 is 2.06 bits per heavy atom. The largest absolute Gasteiger partial charge is 0.399 e. The second kappa shape index (κ2) is 16.4. The third kappa shape index (κ3) is 8.12. The quantitative estimate of drug-likeness (QED) is 0.218. The summed E-state index contributed by atoms with van der Waals surface area (Å²) in [5, 5.41) is 6.25. The number of hydrogen-bond acceptors (Lipinski definition) is 2. The van der Waals surface area contributed by atoms with Crippen LogP contribution in [-0.2, 0) is 19.3 Å². The summed E-state index contributed by atoms with van der Waals surface area (Å²) < 4.78 is 2.15. The molecule has 0 aliphatic carbocycles. The molecule has 0 amide bonds. The second-order valence-electron chi connectivity index (χ2n) is 8.37. The number of aromatic nitrogens is 2. The molecule has 0 fully saturated rings. The zero-order valence-corrected chi connectivity index (χ0v) is 23.8. The minimum atomic E-state index is 0.326. The van der Waals surface area contributed by atoms with Gasteiger partial charge >= 0.3 is 0 Å². The summed E-state index contributed by atoms with van der Waals surface area (Å²) in [7, 11) is 0. The van der Waals surface area contributed by atoms with Gasteiger partial charge in [-0.05, 0) is 86.6 Å². The molecular weight excluding hydrogens is 438 g/mol. The first-order valence-corrected chi connectivity index (χ1v) is 13.5. The van der Waals surface area contributed by atoms with Crippen molar-refractivity contribution in [2.24, 2.45) is 0 Å². The van der Waals surface area contributed by atoms with Crippen LogP contribution in [0.1, 0.15) is 78.3 Å². The monoisotopic (exact) mass is 485 g/mol. The van der Waals surface area contributed by atoms with Gasteiger partial charge in [0.25, 0.3) is 0 Å². The molecule has 36 heavy (non-hydrogen) atoms. The fourth-order valence-corrected chi connectivity index (χ4v) is 4.08. The van der Waals surface area contributed by atoms with E-state index in [0.717, 1.165) is 30.5 Å². The van der Waals surface area contributed by atoms with Crippen LogP contribution < -0.4 is 5.73 Å². The van der Waals surface area contributed by atoms with E-state index in [0.29, 0.717) is 6.04 Å². The van der Waals surface area contributed by atoms with Crippen LogP contribution in [0.2, 0.25) is 0 Å². The van der Waals surface area contributed by atoms with E-state index in [9.17, 15) is 0 Å². The topological polar surface area (TPSA) is 43.8 Å². The lowest BCUT2D eigenvalue weighted by atomic mass is 9.98. The molecule has 0 bridgehead atoms. The van der Waals surface area contributed by atoms with Gasteiger partial charge in [0.2, 0.25) is 0 Å². The van der Waals surface area contributed by atoms with Crippen LogP contribution in [0.25, 0.3) is 22.0 Å². The van der Waals surface area contributed by atoms with E-state index in [4.69, 9.17) is 10.8 Å². The van der Waals surface area contributed by atoms with Crippen LogP contribution in [0.4, 0.5) is 5.69 Å². The Bertz CT molecular complexity index is 1180. The zero-order valence-electron chi connectivity index (χ0n) is 23.8. The number of nitrogen functional groups attached to an aromatic ring is 1. The van der Waals surface area contributed by atoms with Crippen LogP contribution in [0.3, 0.4) is 0 Å². The van der Waals surface area contributed by atoms with Crippen LogP contribution in [0.15, 0.2) is 79.4 Å². The van der Waals surface area contributed by atoms with Gasteiger partial charge in [-0.3, -0.25) is 4.68 Å². The molecule has 0 saturated carbocycles. The van der Waals surface area contributed by atoms with E-state index >= 15 is 0 Å². The Kier molecular flexibility index (Phi) is 14.0. The number of allylic oxidation sites excluding steroid dienone is 1.